The van der Waals surface area contributed by atoms with Crippen molar-refractivity contribution in [1.29, 1.82) is 0 Å². The number of aryl methyl sites for hydroxylation is 2. The third-order valence-corrected chi connectivity index (χ3v) is 7.92. The van der Waals surface area contributed by atoms with Crippen molar-refractivity contribution in [3.05, 3.63) is 124 Å². The van der Waals surface area contributed by atoms with Crippen molar-refractivity contribution in [3.8, 4) is 45.5 Å². The van der Waals surface area contributed by atoms with Crippen LogP contribution in [0.1, 0.15) is 16.7 Å². The highest BCUT2D eigenvalue weighted by Crippen LogP contribution is 2.30. The van der Waals surface area contributed by atoms with E-state index in [1.807, 2.05) is 54.1 Å². The van der Waals surface area contributed by atoms with Crippen LogP contribution in [0.3, 0.4) is 0 Å². The quantitative estimate of drug-likeness (QED) is 0.0907. The average molecular weight is 695 g/mol. The Kier molecular flexibility index (Phi) is 9.10. The fraction of sp³-hybridized carbons (Fsp3) is 0.118. The minimum absolute atomic E-state index is 0.317. The van der Waals surface area contributed by atoms with Crippen molar-refractivity contribution in [2.75, 3.05) is 0 Å². The van der Waals surface area contributed by atoms with Gasteiger partial charge in [-0.2, -0.15) is 5.10 Å². The van der Waals surface area contributed by atoms with E-state index in [0.29, 0.717) is 27.4 Å². The molecule has 2 heterocycles. The minimum atomic E-state index is -4.79. The molecule has 4 aromatic carbocycles. The van der Waals surface area contributed by atoms with E-state index < -0.39 is 12.7 Å². The number of rotatable bonds is 8. The van der Waals surface area contributed by atoms with E-state index in [2.05, 4.69) is 29.8 Å². The van der Waals surface area contributed by atoms with Crippen molar-refractivity contribution < 1.29 is 35.8 Å². The molecule has 15 heteroatoms. The number of benzene rings is 4. The molecule has 8 nitrogen and oxygen atoms in total. The summed E-state index contributed by atoms with van der Waals surface area (Å²) in [6.07, 6.45) is -6.53. The molecule has 0 unspecified atom stereocenters. The summed E-state index contributed by atoms with van der Waals surface area (Å²) in [6.45, 7) is 3.93. The van der Waals surface area contributed by atoms with Crippen LogP contribution in [-0.4, -0.2) is 38.3 Å². The molecule has 0 fully saturated rings. The second-order valence-corrected chi connectivity index (χ2v) is 11.4. The molecule has 0 aliphatic rings. The molecule has 0 saturated carbocycles. The molecule has 0 bridgehead atoms. The zero-order valence-corrected chi connectivity index (χ0v) is 26.4. The van der Waals surface area contributed by atoms with E-state index >= 15 is 0 Å². The van der Waals surface area contributed by atoms with E-state index in [-0.39, 0.29) is 11.5 Å². The SMILES string of the molecule is Cc1cccc(C)c1-n1c(-c2ccc(OC(F)(F)F)cc2)csc1=NN=Cc1ccc(-c2ncn(-c3ccc(OC(F)(F)F)cc3)n2)cc1. The van der Waals surface area contributed by atoms with Gasteiger partial charge in [-0.25, -0.2) is 9.67 Å². The maximum atomic E-state index is 12.7. The van der Waals surface area contributed by atoms with Gasteiger partial charge in [0.1, 0.15) is 17.8 Å². The first kappa shape index (κ1) is 33.2. The number of nitrogens with zero attached hydrogens (tertiary/aromatic N) is 6. The van der Waals surface area contributed by atoms with Gasteiger partial charge in [-0.1, -0.05) is 42.5 Å². The monoisotopic (exact) mass is 694 g/mol. The molecule has 0 saturated heterocycles. The Bertz CT molecular complexity index is 2150. The third-order valence-electron chi connectivity index (χ3n) is 7.10. The van der Waals surface area contributed by atoms with Gasteiger partial charge >= 0.3 is 12.7 Å². The highest BCUT2D eigenvalue weighted by molar-refractivity contribution is 7.07. The molecular formula is C34H24F6N6O2S. The molecule has 0 aliphatic carbocycles. The lowest BCUT2D eigenvalue weighted by Gasteiger charge is -2.15. The van der Waals surface area contributed by atoms with Crippen molar-refractivity contribution in [2.24, 2.45) is 10.2 Å². The summed E-state index contributed by atoms with van der Waals surface area (Å²) in [5, 5.41) is 15.1. The van der Waals surface area contributed by atoms with Crippen molar-refractivity contribution in [1.82, 2.24) is 19.3 Å². The Labute approximate surface area is 278 Å². The summed E-state index contributed by atoms with van der Waals surface area (Å²) < 4.78 is 86.8. The van der Waals surface area contributed by atoms with E-state index in [1.165, 1.54) is 58.7 Å². The summed E-state index contributed by atoms with van der Waals surface area (Å²) in [5.74, 6) is -0.251. The van der Waals surface area contributed by atoms with Crippen LogP contribution in [0, 0.1) is 13.8 Å². The first-order chi connectivity index (χ1) is 23.3. The van der Waals surface area contributed by atoms with Gasteiger partial charge in [0.2, 0.25) is 4.80 Å². The highest BCUT2D eigenvalue weighted by Gasteiger charge is 2.31. The van der Waals surface area contributed by atoms with Gasteiger partial charge in [0.15, 0.2) is 5.82 Å². The third kappa shape index (κ3) is 8.06. The van der Waals surface area contributed by atoms with Gasteiger partial charge in [0.25, 0.3) is 0 Å². The second kappa shape index (κ2) is 13.4. The van der Waals surface area contributed by atoms with Crippen LogP contribution in [0.25, 0.3) is 34.0 Å². The molecule has 0 atom stereocenters. The fourth-order valence-electron chi connectivity index (χ4n) is 4.97. The lowest BCUT2D eigenvalue weighted by molar-refractivity contribution is -0.275. The number of para-hydroxylation sites is 1. The van der Waals surface area contributed by atoms with Crippen molar-refractivity contribution >= 4 is 17.6 Å². The lowest BCUT2D eigenvalue weighted by atomic mass is 10.1. The van der Waals surface area contributed by atoms with Crippen LogP contribution in [-0.2, 0) is 0 Å². The summed E-state index contributed by atoms with van der Waals surface area (Å²) in [4.78, 5) is 4.85. The standard InChI is InChI=1S/C34H24F6N6O2S/c1-21-4-3-5-22(2)30(21)46-29(24-10-14-27(15-11-24)47-33(35,36)37)19-49-32(46)43-42-18-23-6-8-25(9-7-23)31-41-20-45(44-31)26-12-16-28(17-13-26)48-34(38,39)40/h3-20H,1-2H3. The number of aromatic nitrogens is 4. The number of thiazole rings is 1. The molecule has 0 radical (unpaired) electrons. The zero-order valence-electron chi connectivity index (χ0n) is 25.6. The first-order valence-electron chi connectivity index (χ1n) is 14.4. The second-order valence-electron chi connectivity index (χ2n) is 10.6. The molecule has 0 N–H and O–H groups in total. The smallest absolute Gasteiger partial charge is 0.406 e. The molecule has 2 aromatic heterocycles. The predicted octanol–water partition coefficient (Wildman–Crippen LogP) is 8.80. The van der Waals surface area contributed by atoms with Crippen LogP contribution >= 0.6 is 11.3 Å². The number of hydrogen-bond acceptors (Lipinski definition) is 7. The normalized spacial score (nSPS) is 12.5. The lowest BCUT2D eigenvalue weighted by Crippen LogP contribution is -2.17. The number of alkyl halides is 6. The van der Waals surface area contributed by atoms with Gasteiger partial charge in [0, 0.05) is 10.9 Å². The average Bonchev–Trinajstić information content (AvgIpc) is 3.69. The molecular weight excluding hydrogens is 670 g/mol. The van der Waals surface area contributed by atoms with Crippen LogP contribution in [0.15, 0.2) is 113 Å². The topological polar surface area (TPSA) is 78.8 Å². The fourth-order valence-corrected chi connectivity index (χ4v) is 5.82. The van der Waals surface area contributed by atoms with Crippen LogP contribution in [0.2, 0.25) is 0 Å². The Hall–Kier alpha value is -5.70. The van der Waals surface area contributed by atoms with E-state index in [9.17, 15) is 26.3 Å². The number of halogens is 6. The minimum Gasteiger partial charge on any atom is -0.406 e. The van der Waals surface area contributed by atoms with E-state index in [0.717, 1.165) is 28.1 Å². The predicted molar refractivity (Wildman–Crippen MR) is 172 cm³/mol. The Morgan fingerprint density at radius 2 is 1.31 bits per heavy atom. The molecule has 0 aliphatic heterocycles. The summed E-state index contributed by atoms with van der Waals surface area (Å²) in [5.41, 5.74) is 6.15. The van der Waals surface area contributed by atoms with E-state index in [4.69, 9.17) is 0 Å². The van der Waals surface area contributed by atoms with Gasteiger partial charge < -0.3 is 9.47 Å². The first-order valence-corrected chi connectivity index (χ1v) is 15.3. The molecule has 250 valence electrons. The van der Waals surface area contributed by atoms with Crippen LogP contribution < -0.4 is 14.3 Å². The summed E-state index contributed by atoms with van der Waals surface area (Å²) >= 11 is 1.33. The van der Waals surface area contributed by atoms with Gasteiger partial charge in [-0.15, -0.1) is 47.9 Å². The summed E-state index contributed by atoms with van der Waals surface area (Å²) in [6, 6.07) is 24.0. The Morgan fingerprint density at radius 3 is 1.90 bits per heavy atom. The number of hydrogen-bond donors (Lipinski definition) is 0. The summed E-state index contributed by atoms with van der Waals surface area (Å²) in [7, 11) is 0. The van der Waals surface area contributed by atoms with Gasteiger partial charge in [-0.05, 0) is 84.6 Å². The molecule has 6 rings (SSSR count). The molecule has 0 amide bonds. The van der Waals surface area contributed by atoms with Crippen molar-refractivity contribution in [3.63, 3.8) is 0 Å². The van der Waals surface area contributed by atoms with Crippen LogP contribution in [0.4, 0.5) is 26.3 Å². The highest BCUT2D eigenvalue weighted by atomic mass is 32.1. The number of ether oxygens (including phenoxy) is 2. The van der Waals surface area contributed by atoms with Gasteiger partial charge in [0.05, 0.1) is 23.3 Å². The zero-order chi connectivity index (χ0) is 34.8. The maximum absolute atomic E-state index is 12.7. The Morgan fingerprint density at radius 1 is 0.735 bits per heavy atom. The van der Waals surface area contributed by atoms with E-state index in [1.54, 1.807) is 30.5 Å². The molecule has 6 aromatic rings. The maximum Gasteiger partial charge on any atom is 0.573 e. The van der Waals surface area contributed by atoms with Gasteiger partial charge in [-0.3, -0.25) is 4.57 Å². The Balaban J connectivity index is 1.24. The van der Waals surface area contributed by atoms with Crippen LogP contribution in [0.5, 0.6) is 11.5 Å². The molecule has 0 spiro atoms. The largest absolute Gasteiger partial charge is 0.573 e. The molecule has 49 heavy (non-hydrogen) atoms. The van der Waals surface area contributed by atoms with Crippen molar-refractivity contribution in [2.45, 2.75) is 26.6 Å².